The van der Waals surface area contributed by atoms with Crippen LogP contribution in [0.3, 0.4) is 0 Å². The minimum absolute atomic E-state index is 0.0182. The molecule has 33 heavy (non-hydrogen) atoms. The number of aromatic nitrogens is 1. The molecule has 1 fully saturated rings. The summed E-state index contributed by atoms with van der Waals surface area (Å²) < 4.78 is 32.5. The second-order valence-corrected chi connectivity index (χ2v) is 10.4. The first-order valence-corrected chi connectivity index (χ1v) is 12.6. The van der Waals surface area contributed by atoms with Gasteiger partial charge in [-0.25, -0.2) is 8.42 Å². The van der Waals surface area contributed by atoms with Crippen molar-refractivity contribution in [3.05, 3.63) is 64.9 Å². The van der Waals surface area contributed by atoms with Gasteiger partial charge in [0.1, 0.15) is 11.8 Å². The number of benzene rings is 2. The number of sulfonamides is 1. The van der Waals surface area contributed by atoms with Crippen molar-refractivity contribution < 1.29 is 17.7 Å². The molecule has 1 amide bonds. The number of hydrogen-bond donors (Lipinski definition) is 1. The number of amides is 1. The first-order chi connectivity index (χ1) is 15.8. The average molecular weight is 487 g/mol. The highest BCUT2D eigenvalue weighted by Crippen LogP contribution is 2.35. The summed E-state index contributed by atoms with van der Waals surface area (Å²) in [7, 11) is -3.81. The fraction of sp³-hybridized carbons (Fsp3) is 0.304. The Balaban J connectivity index is 1.33. The number of rotatable bonds is 5. The van der Waals surface area contributed by atoms with Gasteiger partial charge in [0.05, 0.1) is 4.90 Å². The third kappa shape index (κ3) is 4.18. The van der Waals surface area contributed by atoms with Gasteiger partial charge in [-0.2, -0.15) is 0 Å². The monoisotopic (exact) mass is 486 g/mol. The van der Waals surface area contributed by atoms with Crippen LogP contribution in [0.4, 0.5) is 17.2 Å². The lowest BCUT2D eigenvalue weighted by Crippen LogP contribution is -2.44. The Labute approximate surface area is 197 Å². The molecule has 1 saturated heterocycles. The Bertz CT molecular complexity index is 1310. The van der Waals surface area contributed by atoms with Crippen molar-refractivity contribution in [1.29, 1.82) is 0 Å². The Kier molecular flexibility index (Phi) is 5.54. The minimum Gasteiger partial charge on any atom is -0.360 e. The van der Waals surface area contributed by atoms with Crippen LogP contribution in [0.2, 0.25) is 5.02 Å². The number of aryl methyl sites for hydroxylation is 2. The minimum atomic E-state index is -3.81. The molecule has 1 aromatic heterocycles. The van der Waals surface area contributed by atoms with Crippen molar-refractivity contribution in [1.82, 2.24) is 5.16 Å². The standard InChI is InChI=1S/C23H23ClN4O4S/c1-15-13-22(25-32-15)26-33(30,31)19-7-5-18(6-8-19)27-12-10-21(23(27)29)28-11-2-3-16-14-17(24)4-9-20(16)28/h4-9,13-14,21H,2-3,10-12H2,1H3,(H,25,26)/t21-/m1/s1. The van der Waals surface area contributed by atoms with E-state index in [9.17, 15) is 13.2 Å². The normalized spacial score (nSPS) is 18.5. The summed E-state index contributed by atoms with van der Waals surface area (Å²) in [6.07, 6.45) is 2.63. The Morgan fingerprint density at radius 3 is 2.64 bits per heavy atom. The topological polar surface area (TPSA) is 95.8 Å². The molecule has 3 heterocycles. The van der Waals surface area contributed by atoms with Gasteiger partial charge < -0.3 is 14.3 Å². The lowest BCUT2D eigenvalue weighted by molar-refractivity contribution is -0.118. The molecule has 2 aromatic carbocycles. The zero-order chi connectivity index (χ0) is 23.2. The first kappa shape index (κ1) is 21.8. The van der Waals surface area contributed by atoms with Gasteiger partial charge in [-0.1, -0.05) is 16.8 Å². The van der Waals surface area contributed by atoms with E-state index in [-0.39, 0.29) is 22.7 Å². The number of nitrogens with one attached hydrogen (secondary N) is 1. The second-order valence-electron chi connectivity index (χ2n) is 8.29. The van der Waals surface area contributed by atoms with Gasteiger partial charge in [0.25, 0.3) is 10.0 Å². The number of halogens is 1. The van der Waals surface area contributed by atoms with E-state index in [1.807, 2.05) is 18.2 Å². The maximum absolute atomic E-state index is 13.3. The van der Waals surface area contributed by atoms with Crippen molar-refractivity contribution in [2.45, 2.75) is 37.1 Å². The molecule has 0 unspecified atom stereocenters. The van der Waals surface area contributed by atoms with Gasteiger partial charge in [0.15, 0.2) is 5.82 Å². The van der Waals surface area contributed by atoms with E-state index in [1.165, 1.54) is 23.8 Å². The quantitative estimate of drug-likeness (QED) is 0.585. The summed E-state index contributed by atoms with van der Waals surface area (Å²) in [4.78, 5) is 17.3. The van der Waals surface area contributed by atoms with Crippen molar-refractivity contribution in [2.75, 3.05) is 27.6 Å². The average Bonchev–Trinajstić information content (AvgIpc) is 3.37. The van der Waals surface area contributed by atoms with Gasteiger partial charge in [-0.3, -0.25) is 9.52 Å². The number of carbonyl (C=O) groups excluding carboxylic acids is 1. The second kappa shape index (κ2) is 8.39. The van der Waals surface area contributed by atoms with Crippen LogP contribution >= 0.6 is 11.6 Å². The highest BCUT2D eigenvalue weighted by atomic mass is 35.5. The lowest BCUT2D eigenvalue weighted by Gasteiger charge is -2.35. The summed E-state index contributed by atoms with van der Waals surface area (Å²) in [6, 6.07) is 13.4. The van der Waals surface area contributed by atoms with Crippen molar-refractivity contribution >= 4 is 44.7 Å². The molecule has 5 rings (SSSR count). The fourth-order valence-corrected chi connectivity index (χ4v) is 5.72. The molecule has 0 radical (unpaired) electrons. The molecule has 0 aliphatic carbocycles. The molecule has 1 N–H and O–H groups in total. The predicted molar refractivity (Wildman–Crippen MR) is 126 cm³/mol. The largest absolute Gasteiger partial charge is 0.360 e. The zero-order valence-corrected chi connectivity index (χ0v) is 19.6. The van der Waals surface area contributed by atoms with E-state index in [0.29, 0.717) is 29.4 Å². The van der Waals surface area contributed by atoms with Gasteiger partial charge in [0.2, 0.25) is 5.91 Å². The van der Waals surface area contributed by atoms with E-state index in [2.05, 4.69) is 14.8 Å². The zero-order valence-electron chi connectivity index (χ0n) is 18.0. The highest BCUT2D eigenvalue weighted by molar-refractivity contribution is 7.92. The Morgan fingerprint density at radius 2 is 1.91 bits per heavy atom. The van der Waals surface area contributed by atoms with E-state index in [1.54, 1.807) is 24.0 Å². The molecular formula is C23H23ClN4O4S. The molecule has 172 valence electrons. The maximum atomic E-state index is 13.3. The smallest absolute Gasteiger partial charge is 0.263 e. The highest BCUT2D eigenvalue weighted by Gasteiger charge is 2.38. The van der Waals surface area contributed by atoms with Crippen molar-refractivity contribution in [3.63, 3.8) is 0 Å². The van der Waals surface area contributed by atoms with Crippen LogP contribution < -0.4 is 14.5 Å². The lowest BCUT2D eigenvalue weighted by atomic mass is 9.99. The molecule has 1 atom stereocenters. The molecular weight excluding hydrogens is 464 g/mol. The number of carbonyl (C=O) groups is 1. The van der Waals surface area contributed by atoms with E-state index in [4.69, 9.17) is 16.1 Å². The third-order valence-corrected chi connectivity index (χ3v) is 7.68. The maximum Gasteiger partial charge on any atom is 0.263 e. The molecule has 3 aromatic rings. The summed E-state index contributed by atoms with van der Waals surface area (Å²) in [5.74, 6) is 0.645. The summed E-state index contributed by atoms with van der Waals surface area (Å²) in [6.45, 7) is 3.08. The van der Waals surface area contributed by atoms with Crippen LogP contribution in [-0.2, 0) is 21.2 Å². The van der Waals surface area contributed by atoms with Crippen LogP contribution in [0.15, 0.2) is 57.9 Å². The number of hydrogen-bond acceptors (Lipinski definition) is 6. The van der Waals surface area contributed by atoms with Gasteiger partial charge >= 0.3 is 0 Å². The number of anilines is 3. The van der Waals surface area contributed by atoms with Gasteiger partial charge in [-0.05, 0) is 74.2 Å². The van der Waals surface area contributed by atoms with E-state index >= 15 is 0 Å². The third-order valence-electron chi connectivity index (χ3n) is 6.08. The molecule has 10 heteroatoms. The summed E-state index contributed by atoms with van der Waals surface area (Å²) in [5.41, 5.74) is 2.91. The molecule has 8 nitrogen and oxygen atoms in total. The molecule has 0 saturated carbocycles. The van der Waals surface area contributed by atoms with Gasteiger partial charge in [-0.15, -0.1) is 0 Å². The van der Waals surface area contributed by atoms with Crippen molar-refractivity contribution in [2.24, 2.45) is 0 Å². The number of nitrogens with zero attached hydrogens (tertiary/aromatic N) is 3. The molecule has 0 spiro atoms. The van der Waals surface area contributed by atoms with Gasteiger partial charge in [0, 0.05) is 35.6 Å². The van der Waals surface area contributed by atoms with E-state index in [0.717, 1.165) is 25.1 Å². The number of fused-ring (bicyclic) bond motifs is 1. The molecule has 2 aliphatic heterocycles. The van der Waals surface area contributed by atoms with Crippen LogP contribution in [-0.4, -0.2) is 38.6 Å². The SMILES string of the molecule is Cc1cc(NS(=O)(=O)c2ccc(N3CC[C@@H](N4CCCc5cc(Cl)ccc54)C3=O)cc2)no1. The Morgan fingerprint density at radius 1 is 1.12 bits per heavy atom. The summed E-state index contributed by atoms with van der Waals surface area (Å²) >= 11 is 6.16. The molecule has 0 bridgehead atoms. The molecule has 2 aliphatic rings. The fourth-order valence-electron chi connectivity index (χ4n) is 4.55. The predicted octanol–water partition coefficient (Wildman–Crippen LogP) is 4.00. The van der Waals surface area contributed by atoms with E-state index < -0.39 is 10.0 Å². The summed E-state index contributed by atoms with van der Waals surface area (Å²) in [5, 5.41) is 4.37. The van der Waals surface area contributed by atoms with Crippen LogP contribution in [0.25, 0.3) is 0 Å². The first-order valence-electron chi connectivity index (χ1n) is 10.7. The van der Waals surface area contributed by atoms with Crippen LogP contribution in [0, 0.1) is 6.92 Å². The Hall–Kier alpha value is -3.04. The van der Waals surface area contributed by atoms with Crippen LogP contribution in [0.1, 0.15) is 24.2 Å². The van der Waals surface area contributed by atoms with Crippen molar-refractivity contribution in [3.8, 4) is 0 Å². The van der Waals surface area contributed by atoms with Crippen LogP contribution in [0.5, 0.6) is 0 Å².